The largest absolute Gasteiger partial charge is 0.448 e. The fourth-order valence-electron chi connectivity index (χ4n) is 4.85. The normalized spacial score (nSPS) is 12.8. The average Bonchev–Trinajstić information content (AvgIpc) is 3.21. The van der Waals surface area contributed by atoms with Crippen molar-refractivity contribution in [2.24, 2.45) is 11.1 Å². The molecule has 1 aliphatic rings. The zero-order valence-corrected chi connectivity index (χ0v) is 23.8. The summed E-state index contributed by atoms with van der Waals surface area (Å²) in [7, 11) is 0. The van der Waals surface area contributed by atoms with Crippen LogP contribution in [-0.2, 0) is 25.5 Å². The molecule has 3 aromatic carbocycles. The van der Waals surface area contributed by atoms with Crippen molar-refractivity contribution in [2.75, 3.05) is 11.9 Å². The molecule has 1 aliphatic carbocycles. The van der Waals surface area contributed by atoms with Crippen LogP contribution in [0.2, 0.25) is 0 Å². The monoisotopic (exact) mass is 561 g/mol. The summed E-state index contributed by atoms with van der Waals surface area (Å²) >= 11 is 0. The third-order valence-electron chi connectivity index (χ3n) is 7.03. The van der Waals surface area contributed by atoms with Crippen molar-refractivity contribution in [3.63, 3.8) is 0 Å². The van der Waals surface area contributed by atoms with E-state index in [9.17, 15) is 19.2 Å². The Hall–Kier alpha value is -4.11. The number of Topliss-reactive ketones (excluding diaryl/α,β-unsaturated/α-hetero) is 1. The molecule has 0 unspecified atom stereocenters. The lowest BCUT2D eigenvalue weighted by atomic mass is 9.84. The van der Waals surface area contributed by atoms with E-state index in [4.69, 9.17) is 10.5 Å². The Bertz CT molecular complexity index is 1360. The van der Waals surface area contributed by atoms with Gasteiger partial charge in [-0.1, -0.05) is 74.5 Å². The summed E-state index contributed by atoms with van der Waals surface area (Å²) in [6.07, 6.45) is -0.419. The van der Waals surface area contributed by atoms with Gasteiger partial charge in [0.25, 0.3) is 0 Å². The molecule has 3 aromatic rings. The minimum Gasteiger partial charge on any atom is -0.448 e. The summed E-state index contributed by atoms with van der Waals surface area (Å²) in [5.74, 6) is -1.25. The van der Waals surface area contributed by atoms with Crippen molar-refractivity contribution in [3.05, 3.63) is 89.5 Å². The maximum Gasteiger partial charge on any atom is 0.411 e. The number of hydrogen-bond acceptors (Lipinski definition) is 5. The zero-order valence-electron chi connectivity index (χ0n) is 22.8. The smallest absolute Gasteiger partial charge is 0.411 e. The second kappa shape index (κ2) is 12.8. The number of hydrogen-bond donors (Lipinski definition) is 3. The van der Waals surface area contributed by atoms with E-state index >= 15 is 0 Å². The number of nitrogens with one attached hydrogen (secondary N) is 2. The van der Waals surface area contributed by atoms with Crippen LogP contribution in [0.25, 0.3) is 11.1 Å². The van der Waals surface area contributed by atoms with Gasteiger partial charge in [-0.3, -0.25) is 19.7 Å². The number of ether oxygens (including phenoxy) is 1. The molecular weight excluding hydrogens is 526 g/mol. The van der Waals surface area contributed by atoms with Crippen molar-refractivity contribution in [3.8, 4) is 11.1 Å². The molecule has 0 saturated heterocycles. The molecule has 0 aliphatic heterocycles. The highest BCUT2D eigenvalue weighted by Crippen LogP contribution is 2.44. The van der Waals surface area contributed by atoms with Gasteiger partial charge < -0.3 is 15.8 Å². The van der Waals surface area contributed by atoms with Gasteiger partial charge in [-0.05, 0) is 46.4 Å². The number of primary amides is 1. The summed E-state index contributed by atoms with van der Waals surface area (Å²) in [4.78, 5) is 48.8. The minimum atomic E-state index is -1.02. The quantitative estimate of drug-likeness (QED) is 0.331. The van der Waals surface area contributed by atoms with Crippen molar-refractivity contribution in [1.82, 2.24) is 5.32 Å². The van der Waals surface area contributed by atoms with Gasteiger partial charge in [-0.15, -0.1) is 0 Å². The minimum absolute atomic E-state index is 0. The molecule has 0 saturated carbocycles. The lowest BCUT2D eigenvalue weighted by Crippen LogP contribution is -2.44. The van der Waals surface area contributed by atoms with E-state index in [0.29, 0.717) is 5.69 Å². The Balaban J connectivity index is 0.00000441. The predicted molar refractivity (Wildman–Crippen MR) is 159 cm³/mol. The molecule has 3 amide bonds. The molecule has 210 valence electrons. The van der Waals surface area contributed by atoms with E-state index in [0.717, 1.165) is 27.8 Å². The first-order valence-electron chi connectivity index (χ1n) is 12.9. The second-order valence-corrected chi connectivity index (χ2v) is 10.5. The number of anilines is 1. The van der Waals surface area contributed by atoms with E-state index in [-0.39, 0.29) is 50.6 Å². The Kier molecular flexibility index (Phi) is 9.76. The van der Waals surface area contributed by atoms with Crippen LogP contribution in [0.15, 0.2) is 72.8 Å². The fourth-order valence-corrected chi connectivity index (χ4v) is 4.85. The Morgan fingerprint density at radius 1 is 0.900 bits per heavy atom. The number of rotatable bonds is 10. The molecule has 0 radical (unpaired) electrons. The van der Waals surface area contributed by atoms with Crippen molar-refractivity contribution in [2.45, 2.75) is 45.6 Å². The first kappa shape index (κ1) is 30.4. The molecule has 0 heterocycles. The van der Waals surface area contributed by atoms with Crippen LogP contribution in [0.1, 0.15) is 49.8 Å². The molecule has 4 N–H and O–H groups in total. The highest BCUT2D eigenvalue weighted by atomic mass is 32.1. The van der Waals surface area contributed by atoms with Gasteiger partial charge in [-0.25, -0.2) is 4.79 Å². The van der Waals surface area contributed by atoms with Gasteiger partial charge in [0.05, 0.1) is 11.5 Å². The summed E-state index contributed by atoms with van der Waals surface area (Å²) in [6.45, 7) is 4.74. The Labute approximate surface area is 241 Å². The Morgan fingerprint density at radius 2 is 1.45 bits per heavy atom. The van der Waals surface area contributed by atoms with Crippen LogP contribution in [0.3, 0.4) is 0 Å². The molecule has 4 rings (SSSR count). The van der Waals surface area contributed by atoms with Crippen LogP contribution < -0.4 is 16.4 Å². The average molecular weight is 562 g/mol. The van der Waals surface area contributed by atoms with E-state index in [2.05, 4.69) is 34.9 Å². The van der Waals surface area contributed by atoms with Gasteiger partial charge in [0.2, 0.25) is 11.8 Å². The van der Waals surface area contributed by atoms with Gasteiger partial charge >= 0.3 is 6.09 Å². The van der Waals surface area contributed by atoms with E-state index in [1.807, 2.05) is 24.3 Å². The molecule has 1 atom stereocenters. The molecule has 0 aromatic heterocycles. The van der Waals surface area contributed by atoms with Gasteiger partial charge in [0.1, 0.15) is 6.61 Å². The molecule has 40 heavy (non-hydrogen) atoms. The van der Waals surface area contributed by atoms with Crippen LogP contribution in [0, 0.1) is 5.41 Å². The Morgan fingerprint density at radius 3 is 1.98 bits per heavy atom. The van der Waals surface area contributed by atoms with Crippen LogP contribution in [0.4, 0.5) is 10.5 Å². The number of amides is 3. The topological polar surface area (TPSA) is 128 Å². The molecule has 0 fully saturated rings. The third kappa shape index (κ3) is 7.09. The lowest BCUT2D eigenvalue weighted by Gasteiger charge is -2.24. The van der Waals surface area contributed by atoms with E-state index in [1.165, 1.54) is 6.92 Å². The van der Waals surface area contributed by atoms with Gasteiger partial charge in [-0.2, -0.15) is 13.5 Å². The molecular formula is C31H35N3O5S. The van der Waals surface area contributed by atoms with Gasteiger partial charge in [0.15, 0.2) is 5.78 Å². The molecule has 0 bridgehead atoms. The lowest BCUT2D eigenvalue weighted by molar-refractivity contribution is -0.133. The van der Waals surface area contributed by atoms with Crippen LogP contribution in [-0.4, -0.2) is 36.3 Å². The number of fused-ring (bicyclic) bond motifs is 3. The zero-order chi connectivity index (χ0) is 28.2. The number of carbonyl (C=O) groups is 4. The highest BCUT2D eigenvalue weighted by Gasteiger charge is 2.32. The van der Waals surface area contributed by atoms with Crippen molar-refractivity contribution >= 4 is 42.9 Å². The van der Waals surface area contributed by atoms with Gasteiger partial charge in [0, 0.05) is 24.9 Å². The maximum absolute atomic E-state index is 12.9. The molecule has 0 spiro atoms. The highest BCUT2D eigenvalue weighted by molar-refractivity contribution is 7.59. The summed E-state index contributed by atoms with van der Waals surface area (Å²) in [5.41, 5.74) is 10.3. The summed E-state index contributed by atoms with van der Waals surface area (Å²) in [5, 5.41) is 5.41. The molecule has 9 heteroatoms. The van der Waals surface area contributed by atoms with Crippen molar-refractivity contribution < 1.29 is 23.9 Å². The second-order valence-electron chi connectivity index (χ2n) is 10.5. The SMILES string of the molecule is CC(=O)N[C@@H](Cc1ccc(NC(=O)OCC2c3ccccc3-c3ccccc32)cc1)C(=O)CC(C)(C)C(N)=O.S. The van der Waals surface area contributed by atoms with E-state index < -0.39 is 23.5 Å². The number of benzene rings is 3. The van der Waals surface area contributed by atoms with Crippen LogP contribution >= 0.6 is 13.5 Å². The summed E-state index contributed by atoms with van der Waals surface area (Å²) in [6, 6.07) is 22.4. The van der Waals surface area contributed by atoms with Crippen molar-refractivity contribution in [1.29, 1.82) is 0 Å². The predicted octanol–water partition coefficient (Wildman–Crippen LogP) is 4.68. The maximum atomic E-state index is 12.9. The third-order valence-corrected chi connectivity index (χ3v) is 7.03. The number of carbonyl (C=O) groups excluding carboxylic acids is 4. The first-order valence-corrected chi connectivity index (χ1v) is 12.9. The van der Waals surface area contributed by atoms with E-state index in [1.54, 1.807) is 38.1 Å². The standard InChI is InChI=1S/C31H33N3O5.H2S/c1-19(35)33-27(28(36)17-31(2,3)29(32)37)16-20-12-14-21(15-13-20)34-30(38)39-18-26-24-10-6-4-8-22(24)23-9-5-7-11-25(23)26;/h4-15,26-27H,16-18H2,1-3H3,(H2,32,37)(H,33,35)(H,34,38);1H2/t27-;/m0./s1. The molecule has 8 nitrogen and oxygen atoms in total. The number of nitrogens with two attached hydrogens (primary N) is 1. The van der Waals surface area contributed by atoms with Crippen LogP contribution in [0.5, 0.6) is 0 Å². The summed E-state index contributed by atoms with van der Waals surface area (Å²) < 4.78 is 5.60. The first-order chi connectivity index (χ1) is 18.5. The fraction of sp³-hybridized carbons (Fsp3) is 0.290. The number of ketones is 1.